The molecule has 9 nitrogen and oxygen atoms in total. The topological polar surface area (TPSA) is 105 Å². The Kier molecular flexibility index (Phi) is 6.28. The van der Waals surface area contributed by atoms with Crippen LogP contribution >= 0.6 is 11.6 Å². The molecular weight excluding hydrogens is 454 g/mol. The number of nitrogens with one attached hydrogen (secondary N) is 1. The molecule has 0 spiro atoms. The number of sulfone groups is 1. The molecule has 2 aromatic rings. The minimum absolute atomic E-state index is 0.0144. The Balaban J connectivity index is 1.35. The molecule has 0 unspecified atom stereocenters. The van der Waals surface area contributed by atoms with Crippen molar-refractivity contribution in [1.29, 1.82) is 0 Å². The van der Waals surface area contributed by atoms with Crippen LogP contribution in [0.3, 0.4) is 0 Å². The average Bonchev–Trinajstić information content (AvgIpc) is 3.03. The Morgan fingerprint density at radius 1 is 1.19 bits per heavy atom. The maximum atomic E-state index is 12.7. The van der Waals surface area contributed by atoms with Gasteiger partial charge in [-0.05, 0) is 25.5 Å². The summed E-state index contributed by atoms with van der Waals surface area (Å²) in [6.45, 7) is 4.39. The number of rotatable bonds is 5. The minimum Gasteiger partial charge on any atom is -0.366 e. The molecule has 1 amide bonds. The van der Waals surface area contributed by atoms with E-state index in [1.54, 1.807) is 25.3 Å². The molecule has 2 fully saturated rings. The van der Waals surface area contributed by atoms with Crippen LogP contribution in [0.1, 0.15) is 13.3 Å². The van der Waals surface area contributed by atoms with E-state index in [0.717, 1.165) is 0 Å². The highest BCUT2D eigenvalue weighted by Gasteiger charge is 2.39. The van der Waals surface area contributed by atoms with Gasteiger partial charge in [0.2, 0.25) is 5.91 Å². The molecule has 1 aromatic carbocycles. The lowest BCUT2D eigenvalue weighted by Gasteiger charge is -2.36. The van der Waals surface area contributed by atoms with E-state index in [2.05, 4.69) is 10.4 Å². The van der Waals surface area contributed by atoms with Gasteiger partial charge in [-0.25, -0.2) is 8.42 Å². The van der Waals surface area contributed by atoms with Gasteiger partial charge in [-0.15, -0.1) is 0 Å². The third-order valence-corrected chi connectivity index (χ3v) is 8.18. The van der Waals surface area contributed by atoms with Gasteiger partial charge in [-0.1, -0.05) is 29.8 Å². The number of amides is 1. The van der Waals surface area contributed by atoms with E-state index in [-0.39, 0.29) is 34.5 Å². The van der Waals surface area contributed by atoms with Crippen LogP contribution in [0.5, 0.6) is 0 Å². The summed E-state index contributed by atoms with van der Waals surface area (Å²) in [6, 6.07) is 9.09. The van der Waals surface area contributed by atoms with Crippen molar-refractivity contribution in [2.45, 2.75) is 18.9 Å². The zero-order chi connectivity index (χ0) is 22.9. The molecule has 2 aliphatic heterocycles. The van der Waals surface area contributed by atoms with Gasteiger partial charge in [0.25, 0.3) is 5.56 Å². The van der Waals surface area contributed by atoms with Gasteiger partial charge in [0.15, 0.2) is 9.84 Å². The highest BCUT2D eigenvalue weighted by atomic mass is 35.5. The van der Waals surface area contributed by atoms with Gasteiger partial charge in [0.05, 0.1) is 41.2 Å². The number of aromatic nitrogens is 2. The summed E-state index contributed by atoms with van der Waals surface area (Å²) < 4.78 is 24.7. The van der Waals surface area contributed by atoms with Crippen LogP contribution in [0.4, 0.5) is 5.69 Å². The molecule has 0 saturated carbocycles. The van der Waals surface area contributed by atoms with Gasteiger partial charge in [-0.3, -0.25) is 14.5 Å². The van der Waals surface area contributed by atoms with Crippen molar-refractivity contribution in [3.05, 3.63) is 51.9 Å². The van der Waals surface area contributed by atoms with Gasteiger partial charge < -0.3 is 10.2 Å². The number of anilines is 1. The second kappa shape index (κ2) is 8.84. The number of nitrogens with zero attached hydrogens (tertiary/aromatic N) is 4. The van der Waals surface area contributed by atoms with Crippen LogP contribution in [0.2, 0.25) is 5.02 Å². The second-order valence-electron chi connectivity index (χ2n) is 8.61. The number of hydrogen-bond acceptors (Lipinski definition) is 7. The first kappa shape index (κ1) is 22.8. The number of benzene rings is 1. The molecule has 2 aliphatic rings. The van der Waals surface area contributed by atoms with Crippen molar-refractivity contribution in [3.63, 3.8) is 0 Å². The zero-order valence-electron chi connectivity index (χ0n) is 17.8. The smallest absolute Gasteiger partial charge is 0.292 e. The van der Waals surface area contributed by atoms with Crippen LogP contribution in [-0.2, 0) is 14.6 Å². The van der Waals surface area contributed by atoms with E-state index in [0.29, 0.717) is 44.0 Å². The lowest BCUT2D eigenvalue weighted by molar-refractivity contribution is -0.123. The minimum atomic E-state index is -3.08. The number of carbonyl (C=O) groups is 1. The Bertz CT molecular complexity index is 1160. The molecule has 0 bridgehead atoms. The van der Waals surface area contributed by atoms with Crippen LogP contribution in [0, 0.1) is 0 Å². The van der Waals surface area contributed by atoms with Crippen LogP contribution in [-0.4, -0.2) is 78.8 Å². The quantitative estimate of drug-likeness (QED) is 0.673. The van der Waals surface area contributed by atoms with Crippen molar-refractivity contribution in [2.24, 2.45) is 0 Å². The largest absolute Gasteiger partial charge is 0.366 e. The first-order valence-electron chi connectivity index (χ1n) is 10.5. The van der Waals surface area contributed by atoms with E-state index in [1.165, 1.54) is 4.68 Å². The van der Waals surface area contributed by atoms with Crippen molar-refractivity contribution >= 4 is 33.0 Å². The van der Waals surface area contributed by atoms with E-state index in [1.807, 2.05) is 28.0 Å². The molecule has 2 saturated heterocycles. The molecule has 3 heterocycles. The second-order valence-corrected chi connectivity index (χ2v) is 11.2. The predicted molar refractivity (Wildman–Crippen MR) is 123 cm³/mol. The molecule has 172 valence electrons. The molecule has 1 aromatic heterocycles. The molecule has 1 N–H and O–H groups in total. The summed E-state index contributed by atoms with van der Waals surface area (Å²) in [5.41, 5.74) is 0.152. The lowest BCUT2D eigenvalue weighted by Crippen LogP contribution is -2.53. The van der Waals surface area contributed by atoms with Gasteiger partial charge >= 0.3 is 0 Å². The summed E-state index contributed by atoms with van der Waals surface area (Å²) in [4.78, 5) is 29.2. The van der Waals surface area contributed by atoms with E-state index in [9.17, 15) is 18.0 Å². The van der Waals surface area contributed by atoms with Crippen molar-refractivity contribution in [1.82, 2.24) is 20.0 Å². The van der Waals surface area contributed by atoms with Crippen molar-refractivity contribution in [3.8, 4) is 5.69 Å². The molecule has 32 heavy (non-hydrogen) atoms. The summed E-state index contributed by atoms with van der Waals surface area (Å²) in [7, 11) is -3.08. The number of piperazine rings is 1. The van der Waals surface area contributed by atoms with E-state index < -0.39 is 15.4 Å². The van der Waals surface area contributed by atoms with Crippen LogP contribution in [0.25, 0.3) is 5.69 Å². The van der Waals surface area contributed by atoms with E-state index in [4.69, 9.17) is 11.6 Å². The number of carbonyl (C=O) groups excluding carboxylic acids is 1. The fourth-order valence-electron chi connectivity index (χ4n) is 4.23. The standard InChI is InChI=1S/C21H26ClN5O4S/c1-21(7-12-32(30,31)15-21)24-18(28)14-25-8-10-26(11-9-25)17-13-23-27(20(29)19(17)22)16-5-3-2-4-6-16/h2-6,13H,7-12,14-15H2,1H3,(H,24,28)/t21-/m0/s1. The summed E-state index contributed by atoms with van der Waals surface area (Å²) in [6.07, 6.45) is 2.04. The molecule has 0 radical (unpaired) electrons. The van der Waals surface area contributed by atoms with Crippen molar-refractivity contribution < 1.29 is 13.2 Å². The first-order chi connectivity index (χ1) is 15.2. The molecule has 0 aliphatic carbocycles. The molecule has 1 atom stereocenters. The van der Waals surface area contributed by atoms with Crippen LogP contribution in [0.15, 0.2) is 41.3 Å². The highest BCUT2D eigenvalue weighted by molar-refractivity contribution is 7.91. The highest BCUT2D eigenvalue weighted by Crippen LogP contribution is 2.24. The number of para-hydroxylation sites is 1. The Labute approximate surface area is 191 Å². The van der Waals surface area contributed by atoms with Crippen molar-refractivity contribution in [2.75, 3.05) is 49.1 Å². The Hall–Kier alpha value is -2.43. The van der Waals surface area contributed by atoms with Gasteiger partial charge in [-0.2, -0.15) is 9.78 Å². The average molecular weight is 480 g/mol. The molecule has 4 rings (SSSR count). The first-order valence-corrected chi connectivity index (χ1v) is 12.7. The summed E-state index contributed by atoms with van der Waals surface area (Å²) in [5.74, 6) is -0.0805. The number of halogens is 1. The zero-order valence-corrected chi connectivity index (χ0v) is 19.4. The number of hydrogen-bond donors (Lipinski definition) is 1. The molecule has 11 heteroatoms. The Morgan fingerprint density at radius 2 is 1.88 bits per heavy atom. The SMILES string of the molecule is C[C@]1(NC(=O)CN2CCN(c3cnn(-c4ccccc4)c(=O)c3Cl)CC2)CCS(=O)(=O)C1. The monoisotopic (exact) mass is 479 g/mol. The summed E-state index contributed by atoms with van der Waals surface area (Å²) >= 11 is 6.39. The fourth-order valence-corrected chi connectivity index (χ4v) is 6.57. The maximum absolute atomic E-state index is 12.7. The molecular formula is C21H26ClN5O4S. The third kappa shape index (κ3) is 4.97. The maximum Gasteiger partial charge on any atom is 0.292 e. The van der Waals surface area contributed by atoms with E-state index >= 15 is 0 Å². The lowest BCUT2D eigenvalue weighted by atomic mass is 10.0. The summed E-state index contributed by atoms with van der Waals surface area (Å²) in [5, 5.41) is 7.29. The Morgan fingerprint density at radius 3 is 2.50 bits per heavy atom. The fraction of sp³-hybridized carbons (Fsp3) is 0.476. The normalized spacial score (nSPS) is 23.2. The predicted octanol–water partition coefficient (Wildman–Crippen LogP) is 0.701. The van der Waals surface area contributed by atoms with Gasteiger partial charge in [0.1, 0.15) is 5.02 Å². The third-order valence-electron chi connectivity index (χ3n) is 5.93. The van der Waals surface area contributed by atoms with Crippen LogP contribution < -0.4 is 15.8 Å². The van der Waals surface area contributed by atoms with Gasteiger partial charge in [0, 0.05) is 26.2 Å².